The summed E-state index contributed by atoms with van der Waals surface area (Å²) < 4.78 is 50.9. The first kappa shape index (κ1) is 26.9. The SMILES string of the molecule is Cc1ccc(S(=O)(=O)/N=c2\c(F)cc(Br)cn2CC(=O)N2CCN(C(=O)OC(C)(C)C)CC2)cc1. The fourth-order valence-electron chi connectivity index (χ4n) is 3.37. The van der Waals surface area contributed by atoms with Crippen LogP contribution >= 0.6 is 15.9 Å². The van der Waals surface area contributed by atoms with Crippen molar-refractivity contribution in [3.63, 3.8) is 0 Å². The first-order valence-electron chi connectivity index (χ1n) is 10.9. The number of pyridine rings is 1. The Kier molecular flexibility index (Phi) is 8.05. The summed E-state index contributed by atoms with van der Waals surface area (Å²) in [5.74, 6) is -1.25. The summed E-state index contributed by atoms with van der Waals surface area (Å²) in [5.41, 5.74) is -0.231. The van der Waals surface area contributed by atoms with Crippen molar-refractivity contribution in [3.8, 4) is 0 Å². The zero-order valence-electron chi connectivity index (χ0n) is 20.0. The zero-order valence-corrected chi connectivity index (χ0v) is 22.4. The van der Waals surface area contributed by atoms with Gasteiger partial charge >= 0.3 is 6.09 Å². The molecule has 0 atom stereocenters. The van der Waals surface area contributed by atoms with Crippen molar-refractivity contribution in [1.29, 1.82) is 0 Å². The molecule has 35 heavy (non-hydrogen) atoms. The van der Waals surface area contributed by atoms with Crippen molar-refractivity contribution in [1.82, 2.24) is 14.4 Å². The topological polar surface area (TPSA) is 101 Å². The predicted molar refractivity (Wildman–Crippen MR) is 130 cm³/mol. The minimum absolute atomic E-state index is 0.0819. The molecule has 0 spiro atoms. The first-order valence-corrected chi connectivity index (χ1v) is 13.2. The summed E-state index contributed by atoms with van der Waals surface area (Å²) in [6.45, 7) is 7.93. The van der Waals surface area contributed by atoms with Crippen LogP contribution in [-0.2, 0) is 26.1 Å². The molecule has 1 fully saturated rings. The third kappa shape index (κ3) is 7.14. The van der Waals surface area contributed by atoms with Crippen molar-refractivity contribution in [2.24, 2.45) is 4.40 Å². The molecule has 2 heterocycles. The number of benzene rings is 1. The second kappa shape index (κ2) is 10.5. The lowest BCUT2D eigenvalue weighted by Crippen LogP contribution is -2.52. The van der Waals surface area contributed by atoms with E-state index in [2.05, 4.69) is 20.3 Å². The van der Waals surface area contributed by atoms with Gasteiger partial charge in [0.25, 0.3) is 10.0 Å². The Morgan fingerprint density at radius 3 is 2.23 bits per heavy atom. The summed E-state index contributed by atoms with van der Waals surface area (Å²) in [4.78, 5) is 28.2. The van der Waals surface area contributed by atoms with Crippen LogP contribution in [0.25, 0.3) is 0 Å². The maximum Gasteiger partial charge on any atom is 0.410 e. The van der Waals surface area contributed by atoms with Gasteiger partial charge in [-0.25, -0.2) is 9.18 Å². The number of ether oxygens (including phenoxy) is 1. The molecule has 0 N–H and O–H groups in total. The molecule has 2 aromatic rings. The number of piperazine rings is 1. The number of hydrogen-bond donors (Lipinski definition) is 0. The number of halogens is 2. The lowest BCUT2D eigenvalue weighted by Gasteiger charge is -2.35. The lowest BCUT2D eigenvalue weighted by atomic mass is 10.2. The van der Waals surface area contributed by atoms with Crippen LogP contribution in [0.15, 0.2) is 50.3 Å². The third-order valence-electron chi connectivity index (χ3n) is 5.14. The molecule has 12 heteroatoms. The molecule has 0 radical (unpaired) electrons. The molecule has 1 aliphatic rings. The summed E-state index contributed by atoms with van der Waals surface area (Å²) in [5, 5.41) is 0. The molecule has 1 saturated heterocycles. The van der Waals surface area contributed by atoms with Gasteiger partial charge in [0.1, 0.15) is 12.1 Å². The van der Waals surface area contributed by atoms with Gasteiger partial charge in [-0.15, -0.1) is 4.40 Å². The second-order valence-electron chi connectivity index (χ2n) is 9.19. The first-order chi connectivity index (χ1) is 16.2. The van der Waals surface area contributed by atoms with Crippen molar-refractivity contribution in [2.45, 2.75) is 44.7 Å². The van der Waals surface area contributed by atoms with Crippen LogP contribution in [0, 0.1) is 12.7 Å². The van der Waals surface area contributed by atoms with Gasteiger partial charge < -0.3 is 19.1 Å². The van der Waals surface area contributed by atoms with Crippen LogP contribution in [0.4, 0.5) is 9.18 Å². The molecule has 2 amide bonds. The van der Waals surface area contributed by atoms with Gasteiger partial charge in [0.05, 0.1) is 4.90 Å². The molecule has 0 aliphatic carbocycles. The van der Waals surface area contributed by atoms with Crippen LogP contribution < -0.4 is 5.49 Å². The molecule has 9 nitrogen and oxygen atoms in total. The Labute approximate surface area is 212 Å². The molecule has 0 bridgehead atoms. The minimum Gasteiger partial charge on any atom is -0.444 e. The minimum atomic E-state index is -4.21. The number of aryl methyl sites for hydroxylation is 1. The molecule has 190 valence electrons. The largest absolute Gasteiger partial charge is 0.444 e. The number of rotatable bonds is 4. The van der Waals surface area contributed by atoms with E-state index in [1.807, 2.05) is 6.92 Å². The maximum absolute atomic E-state index is 14.8. The third-order valence-corrected chi connectivity index (χ3v) is 6.86. The van der Waals surface area contributed by atoms with Gasteiger partial charge in [0.15, 0.2) is 11.3 Å². The van der Waals surface area contributed by atoms with Gasteiger partial charge in [0, 0.05) is 36.8 Å². The van der Waals surface area contributed by atoms with Crippen LogP contribution in [-0.4, -0.2) is 66.6 Å². The Bertz CT molecular complexity index is 1280. The highest BCUT2D eigenvalue weighted by molar-refractivity contribution is 9.10. The van der Waals surface area contributed by atoms with Crippen LogP contribution in [0.2, 0.25) is 0 Å². The Morgan fingerprint density at radius 1 is 1.09 bits per heavy atom. The number of sulfonamides is 1. The summed E-state index contributed by atoms with van der Waals surface area (Å²) in [6, 6.07) is 7.11. The van der Waals surface area contributed by atoms with E-state index in [1.54, 1.807) is 32.9 Å². The van der Waals surface area contributed by atoms with Crippen LogP contribution in [0.1, 0.15) is 26.3 Å². The van der Waals surface area contributed by atoms with Gasteiger partial charge in [-0.3, -0.25) is 4.79 Å². The number of hydrogen-bond acceptors (Lipinski definition) is 5. The highest BCUT2D eigenvalue weighted by Gasteiger charge is 2.28. The molecule has 1 aromatic carbocycles. The molecule has 1 aliphatic heterocycles. The number of carbonyl (C=O) groups excluding carboxylic acids is 2. The summed E-state index contributed by atoms with van der Waals surface area (Å²) in [7, 11) is -4.21. The summed E-state index contributed by atoms with van der Waals surface area (Å²) >= 11 is 3.18. The second-order valence-corrected chi connectivity index (χ2v) is 11.7. The number of carbonyl (C=O) groups is 2. The number of nitrogens with zero attached hydrogens (tertiary/aromatic N) is 4. The molecular formula is C23H28BrFN4O5S. The van der Waals surface area contributed by atoms with Crippen molar-refractivity contribution >= 4 is 38.0 Å². The highest BCUT2D eigenvalue weighted by Crippen LogP contribution is 2.15. The quantitative estimate of drug-likeness (QED) is 0.562. The van der Waals surface area contributed by atoms with E-state index < -0.39 is 33.0 Å². The van der Waals surface area contributed by atoms with Gasteiger partial charge in [-0.05, 0) is 61.8 Å². The molecule has 3 rings (SSSR count). The van der Waals surface area contributed by atoms with Crippen molar-refractivity contribution in [3.05, 3.63) is 57.9 Å². The van der Waals surface area contributed by atoms with E-state index in [4.69, 9.17) is 4.74 Å². The fourth-order valence-corrected chi connectivity index (χ4v) is 4.83. The maximum atomic E-state index is 14.8. The zero-order chi connectivity index (χ0) is 26.0. The van der Waals surface area contributed by atoms with E-state index in [0.717, 1.165) is 16.2 Å². The smallest absolute Gasteiger partial charge is 0.410 e. The fraction of sp³-hybridized carbons (Fsp3) is 0.435. The Balaban J connectivity index is 1.80. The normalized spacial score (nSPS) is 15.3. The van der Waals surface area contributed by atoms with E-state index in [9.17, 15) is 22.4 Å². The standard InChI is InChI=1S/C23H28BrFN4O5S/c1-16-5-7-18(8-6-16)35(32,33)26-21-19(25)13-17(24)14-29(21)15-20(30)27-9-11-28(12-10-27)22(31)34-23(2,3)4/h5-8,13-14H,9-12,15H2,1-4H3/b26-21+. The van der Waals surface area contributed by atoms with Crippen LogP contribution in [0.5, 0.6) is 0 Å². The average Bonchev–Trinajstić information content (AvgIpc) is 2.75. The molecule has 1 aromatic heterocycles. The van der Waals surface area contributed by atoms with E-state index in [1.165, 1.54) is 28.1 Å². The monoisotopic (exact) mass is 570 g/mol. The molecule has 0 saturated carbocycles. The van der Waals surface area contributed by atoms with Crippen LogP contribution in [0.3, 0.4) is 0 Å². The number of amides is 2. The molecule has 0 unspecified atom stereocenters. The van der Waals surface area contributed by atoms with E-state index in [-0.39, 0.29) is 43.5 Å². The van der Waals surface area contributed by atoms with E-state index >= 15 is 0 Å². The van der Waals surface area contributed by atoms with Gasteiger partial charge in [0.2, 0.25) is 5.91 Å². The number of aromatic nitrogens is 1. The molecular weight excluding hydrogens is 543 g/mol. The van der Waals surface area contributed by atoms with Gasteiger partial charge in [-0.1, -0.05) is 17.7 Å². The average molecular weight is 571 g/mol. The van der Waals surface area contributed by atoms with Crippen molar-refractivity contribution in [2.75, 3.05) is 26.2 Å². The predicted octanol–water partition coefficient (Wildman–Crippen LogP) is 3.07. The van der Waals surface area contributed by atoms with E-state index in [0.29, 0.717) is 4.47 Å². The van der Waals surface area contributed by atoms with Gasteiger partial charge in [-0.2, -0.15) is 8.42 Å². The van der Waals surface area contributed by atoms with Crippen molar-refractivity contribution < 1.29 is 27.1 Å². The Morgan fingerprint density at radius 2 is 1.66 bits per heavy atom. The lowest BCUT2D eigenvalue weighted by molar-refractivity contribution is -0.133. The Hall–Kier alpha value is -2.73. The highest BCUT2D eigenvalue weighted by atomic mass is 79.9. The summed E-state index contributed by atoms with van der Waals surface area (Å²) in [6.07, 6.45) is 0.956.